The Labute approximate surface area is 150 Å². The van der Waals surface area contributed by atoms with Gasteiger partial charge in [0.1, 0.15) is 37.9 Å². The summed E-state index contributed by atoms with van der Waals surface area (Å²) in [7, 11) is 4.09. The number of ether oxygens (including phenoxy) is 3. The van der Waals surface area contributed by atoms with Crippen LogP contribution in [0.2, 0.25) is 0 Å². The van der Waals surface area contributed by atoms with E-state index in [2.05, 4.69) is 56.9 Å². The van der Waals surface area contributed by atoms with Gasteiger partial charge in [-0.15, -0.1) is 0 Å². The maximum atomic E-state index is 5.60. The van der Waals surface area contributed by atoms with E-state index in [0.717, 1.165) is 13.1 Å². The zero-order valence-electron chi connectivity index (χ0n) is 16.0. The van der Waals surface area contributed by atoms with Crippen molar-refractivity contribution >= 4 is 0 Å². The minimum Gasteiger partial charge on any atom is -0.377 e. The maximum absolute atomic E-state index is 5.60. The predicted octanol–water partition coefficient (Wildman–Crippen LogP) is 0.305. The van der Waals surface area contributed by atoms with E-state index in [1.165, 1.54) is 11.6 Å². The van der Waals surface area contributed by atoms with Gasteiger partial charge in [0.05, 0.1) is 53.7 Å². The van der Waals surface area contributed by atoms with Gasteiger partial charge in [-0.25, -0.2) is 18.3 Å². The summed E-state index contributed by atoms with van der Waals surface area (Å²) in [5.74, 6) is 2.45. The van der Waals surface area contributed by atoms with Crippen LogP contribution in [0.1, 0.15) is 11.6 Å². The first kappa shape index (κ1) is 19.6. The van der Waals surface area contributed by atoms with Gasteiger partial charge in [-0.1, -0.05) is 0 Å². The van der Waals surface area contributed by atoms with E-state index in [-0.39, 0.29) is 0 Å². The van der Waals surface area contributed by atoms with Gasteiger partial charge in [0.15, 0.2) is 0 Å². The van der Waals surface area contributed by atoms with Crippen LogP contribution in [0, 0.1) is 13.8 Å². The summed E-state index contributed by atoms with van der Waals surface area (Å²) in [5, 5.41) is 0. The van der Waals surface area contributed by atoms with Gasteiger partial charge in [-0.05, 0) is 0 Å². The Hall–Kier alpha value is -1.70. The molecule has 0 N–H and O–H groups in total. The first-order chi connectivity index (χ1) is 12.1. The number of imidazole rings is 2. The highest BCUT2D eigenvalue weighted by Crippen LogP contribution is 1.94. The Kier molecular flexibility index (Phi) is 8.11. The minimum atomic E-state index is 0.605. The highest BCUT2D eigenvalue weighted by molar-refractivity contribution is 4.79. The Morgan fingerprint density at radius 1 is 0.680 bits per heavy atom. The average Bonchev–Trinajstić information content (AvgIpc) is 3.09. The third-order valence-electron chi connectivity index (χ3n) is 4.49. The Morgan fingerprint density at radius 3 is 1.36 bits per heavy atom. The third-order valence-corrected chi connectivity index (χ3v) is 4.49. The first-order valence-corrected chi connectivity index (χ1v) is 8.85. The molecule has 0 bridgehead atoms. The lowest BCUT2D eigenvalue weighted by Crippen LogP contribution is -2.30. The molecule has 0 aliphatic heterocycles. The highest BCUT2D eigenvalue weighted by Gasteiger charge is 2.08. The number of rotatable bonds is 12. The van der Waals surface area contributed by atoms with Gasteiger partial charge in [-0.2, -0.15) is 0 Å². The summed E-state index contributed by atoms with van der Waals surface area (Å²) in [4.78, 5) is 0. The molecule has 0 aromatic carbocycles. The molecule has 7 heteroatoms. The fourth-order valence-corrected chi connectivity index (χ4v) is 2.54. The third kappa shape index (κ3) is 6.26. The molecule has 0 unspecified atom stereocenters. The fourth-order valence-electron chi connectivity index (χ4n) is 2.54. The van der Waals surface area contributed by atoms with Crippen molar-refractivity contribution in [2.75, 3.05) is 39.6 Å². The van der Waals surface area contributed by atoms with Crippen molar-refractivity contribution in [2.45, 2.75) is 26.9 Å². The van der Waals surface area contributed by atoms with Gasteiger partial charge >= 0.3 is 0 Å². The number of aryl methyl sites for hydroxylation is 2. The summed E-state index contributed by atoms with van der Waals surface area (Å²) < 4.78 is 25.3. The van der Waals surface area contributed by atoms with E-state index in [1.807, 2.05) is 14.1 Å². The maximum Gasteiger partial charge on any atom is 0.253 e. The number of nitrogens with zero attached hydrogens (tertiary/aromatic N) is 4. The van der Waals surface area contributed by atoms with Crippen LogP contribution in [0.15, 0.2) is 24.8 Å². The fraction of sp³-hybridized carbons (Fsp3) is 0.667. The van der Waals surface area contributed by atoms with Crippen LogP contribution >= 0.6 is 0 Å². The molecule has 2 aromatic heterocycles. The van der Waals surface area contributed by atoms with Crippen LogP contribution in [0.3, 0.4) is 0 Å². The molecule has 0 saturated carbocycles. The molecule has 0 saturated heterocycles. The van der Waals surface area contributed by atoms with Crippen LogP contribution in [-0.2, 0) is 41.4 Å². The Morgan fingerprint density at radius 2 is 1.04 bits per heavy atom. The quantitative estimate of drug-likeness (QED) is 0.408. The predicted molar refractivity (Wildman–Crippen MR) is 93.1 cm³/mol. The number of hydrogen-bond acceptors (Lipinski definition) is 3. The molecule has 140 valence electrons. The van der Waals surface area contributed by atoms with Gasteiger partial charge < -0.3 is 14.2 Å². The lowest BCUT2D eigenvalue weighted by atomic mass is 10.6. The Bertz CT molecular complexity index is 582. The van der Waals surface area contributed by atoms with Crippen LogP contribution in [0.4, 0.5) is 0 Å². The zero-order valence-corrected chi connectivity index (χ0v) is 16.0. The second kappa shape index (κ2) is 10.3. The summed E-state index contributed by atoms with van der Waals surface area (Å²) in [6, 6.07) is 0. The second-order valence-corrected chi connectivity index (χ2v) is 6.14. The van der Waals surface area contributed by atoms with Crippen molar-refractivity contribution < 1.29 is 23.3 Å². The monoisotopic (exact) mass is 352 g/mol. The molecule has 2 heterocycles. The largest absolute Gasteiger partial charge is 0.377 e. The summed E-state index contributed by atoms with van der Waals surface area (Å²) in [6.45, 7) is 9.77. The Balaban J connectivity index is 1.40. The highest BCUT2D eigenvalue weighted by atomic mass is 16.5. The van der Waals surface area contributed by atoms with E-state index < -0.39 is 0 Å². The van der Waals surface area contributed by atoms with Crippen molar-refractivity contribution in [1.29, 1.82) is 0 Å². The zero-order chi connectivity index (χ0) is 18.1. The molecule has 0 amide bonds. The molecule has 25 heavy (non-hydrogen) atoms. The summed E-state index contributed by atoms with van der Waals surface area (Å²) >= 11 is 0. The van der Waals surface area contributed by atoms with E-state index in [4.69, 9.17) is 14.2 Å². The summed E-state index contributed by atoms with van der Waals surface area (Å²) in [6.07, 6.45) is 8.25. The molecule has 7 nitrogen and oxygen atoms in total. The molecule has 0 radical (unpaired) electrons. The van der Waals surface area contributed by atoms with Crippen molar-refractivity contribution in [3.8, 4) is 0 Å². The van der Waals surface area contributed by atoms with Crippen LogP contribution < -0.4 is 9.13 Å². The minimum absolute atomic E-state index is 0.605. The normalized spacial score (nSPS) is 11.4. The van der Waals surface area contributed by atoms with Crippen molar-refractivity contribution in [2.24, 2.45) is 14.1 Å². The molecule has 0 spiro atoms. The molecule has 0 aliphatic carbocycles. The molecule has 0 atom stereocenters. The average molecular weight is 352 g/mol. The summed E-state index contributed by atoms with van der Waals surface area (Å²) in [5.41, 5.74) is 0. The van der Waals surface area contributed by atoms with E-state index in [0.29, 0.717) is 39.6 Å². The van der Waals surface area contributed by atoms with Gasteiger partial charge in [0.2, 0.25) is 0 Å². The van der Waals surface area contributed by atoms with Crippen LogP contribution in [-0.4, -0.2) is 48.8 Å². The molecular weight excluding hydrogens is 320 g/mol. The van der Waals surface area contributed by atoms with Gasteiger partial charge in [-0.3, -0.25) is 0 Å². The molecule has 2 aromatic rings. The second-order valence-electron chi connectivity index (χ2n) is 6.14. The SMILES string of the molecule is Cc1n(CCOCCOCCOCCn2cc[n+](C)c2C)cc[n+]1C. The topological polar surface area (TPSA) is 45.3 Å². The number of hydrogen-bond donors (Lipinski definition) is 0. The van der Waals surface area contributed by atoms with Crippen molar-refractivity contribution in [3.05, 3.63) is 36.4 Å². The van der Waals surface area contributed by atoms with Crippen molar-refractivity contribution in [3.63, 3.8) is 0 Å². The molecule has 0 fully saturated rings. The van der Waals surface area contributed by atoms with E-state index in [1.54, 1.807) is 0 Å². The smallest absolute Gasteiger partial charge is 0.253 e. The number of aromatic nitrogens is 4. The standard InChI is InChI=1S/C18H32N4O3/c1-17-19(3)5-7-21(17)9-11-23-13-15-25-16-14-24-12-10-22-8-6-20(4)18(22)2/h5-8H,9-16H2,1-4H3/q+2. The molecular formula is C18H32N4O3+2. The van der Waals surface area contributed by atoms with Crippen LogP contribution in [0.25, 0.3) is 0 Å². The van der Waals surface area contributed by atoms with E-state index >= 15 is 0 Å². The molecule has 0 aliphatic rings. The van der Waals surface area contributed by atoms with E-state index in [9.17, 15) is 0 Å². The lowest BCUT2D eigenvalue weighted by Gasteiger charge is -2.06. The van der Waals surface area contributed by atoms with Gasteiger partial charge in [0, 0.05) is 13.8 Å². The molecule has 2 rings (SSSR count). The lowest BCUT2D eigenvalue weighted by molar-refractivity contribution is -0.677. The van der Waals surface area contributed by atoms with Gasteiger partial charge in [0.25, 0.3) is 11.6 Å². The van der Waals surface area contributed by atoms with Crippen molar-refractivity contribution in [1.82, 2.24) is 9.13 Å². The van der Waals surface area contributed by atoms with Crippen LogP contribution in [0.5, 0.6) is 0 Å². The first-order valence-electron chi connectivity index (χ1n) is 8.85.